The van der Waals surface area contributed by atoms with E-state index in [1.54, 1.807) is 16.8 Å². The zero-order valence-electron chi connectivity index (χ0n) is 11.2. The molecule has 2 rings (SSSR count). The van der Waals surface area contributed by atoms with Gasteiger partial charge in [-0.25, -0.2) is 9.07 Å². The summed E-state index contributed by atoms with van der Waals surface area (Å²) in [6.07, 6.45) is 1.82. The van der Waals surface area contributed by atoms with E-state index in [9.17, 15) is 4.39 Å². The van der Waals surface area contributed by atoms with Crippen molar-refractivity contribution in [3.05, 3.63) is 46.5 Å². The second-order valence-corrected chi connectivity index (χ2v) is 5.16. The molecule has 2 aromatic rings. The maximum absolute atomic E-state index is 13.6. The monoisotopic (exact) mass is 281 g/mol. The fourth-order valence-corrected chi connectivity index (χ4v) is 2.27. The van der Waals surface area contributed by atoms with Crippen LogP contribution in [0.25, 0.3) is 5.69 Å². The molecule has 5 heteroatoms. The third-order valence-corrected chi connectivity index (χ3v) is 3.25. The van der Waals surface area contributed by atoms with Gasteiger partial charge in [-0.05, 0) is 25.1 Å². The Hall–Kier alpha value is -1.39. The normalized spacial score (nSPS) is 11.3. The van der Waals surface area contributed by atoms with Gasteiger partial charge in [-0.1, -0.05) is 25.4 Å². The van der Waals surface area contributed by atoms with Crippen molar-refractivity contribution in [1.29, 1.82) is 0 Å². The Morgan fingerprint density at radius 1 is 1.42 bits per heavy atom. The Morgan fingerprint density at radius 2 is 2.16 bits per heavy atom. The zero-order valence-corrected chi connectivity index (χ0v) is 12.0. The molecule has 0 aliphatic rings. The first-order valence-electron chi connectivity index (χ1n) is 6.21. The molecule has 3 nitrogen and oxygen atoms in total. The van der Waals surface area contributed by atoms with Gasteiger partial charge in [0.25, 0.3) is 0 Å². The number of nitrogens with one attached hydrogen (secondary N) is 1. The molecule has 0 spiro atoms. The Morgan fingerprint density at radius 3 is 2.74 bits per heavy atom. The minimum absolute atomic E-state index is 0.123. The smallest absolute Gasteiger partial charge is 0.143 e. The van der Waals surface area contributed by atoms with Gasteiger partial charge in [-0.2, -0.15) is 5.10 Å². The molecule has 0 fully saturated rings. The van der Waals surface area contributed by atoms with Crippen molar-refractivity contribution in [3.8, 4) is 5.69 Å². The van der Waals surface area contributed by atoms with Crippen LogP contribution in [0, 0.1) is 5.82 Å². The summed E-state index contributed by atoms with van der Waals surface area (Å²) in [4.78, 5) is 0. The van der Waals surface area contributed by atoms with E-state index >= 15 is 0 Å². The Balaban J connectivity index is 2.52. The van der Waals surface area contributed by atoms with Gasteiger partial charge in [-0.15, -0.1) is 0 Å². The average Bonchev–Trinajstić information content (AvgIpc) is 2.77. The van der Waals surface area contributed by atoms with Crippen LogP contribution in [-0.2, 0) is 6.54 Å². The molecule has 1 heterocycles. The van der Waals surface area contributed by atoms with Crippen molar-refractivity contribution in [3.63, 3.8) is 0 Å². The largest absolute Gasteiger partial charge is 0.316 e. The van der Waals surface area contributed by atoms with E-state index in [0.29, 0.717) is 11.6 Å². The Kier molecular flexibility index (Phi) is 4.22. The number of hydrogen-bond acceptors (Lipinski definition) is 2. The van der Waals surface area contributed by atoms with Crippen molar-refractivity contribution >= 4 is 11.6 Å². The molecule has 0 saturated carbocycles. The minimum atomic E-state index is -0.431. The number of hydrogen-bond donors (Lipinski definition) is 1. The topological polar surface area (TPSA) is 29.9 Å². The summed E-state index contributed by atoms with van der Waals surface area (Å²) >= 11 is 5.71. The van der Waals surface area contributed by atoms with Crippen LogP contribution >= 0.6 is 11.6 Å². The summed E-state index contributed by atoms with van der Waals surface area (Å²) in [5, 5.41) is 7.60. The molecule has 0 amide bonds. The third kappa shape index (κ3) is 2.80. The first-order valence-corrected chi connectivity index (χ1v) is 6.59. The van der Waals surface area contributed by atoms with Gasteiger partial charge in [-0.3, -0.25) is 0 Å². The molecule has 1 aromatic heterocycles. The van der Waals surface area contributed by atoms with Crippen LogP contribution in [0.3, 0.4) is 0 Å². The highest BCUT2D eigenvalue weighted by Gasteiger charge is 2.15. The zero-order chi connectivity index (χ0) is 14.0. The lowest BCUT2D eigenvalue weighted by Gasteiger charge is -2.13. The van der Waals surface area contributed by atoms with Crippen molar-refractivity contribution in [2.24, 2.45) is 0 Å². The predicted octanol–water partition coefficient (Wildman–Crippen LogP) is 3.51. The second-order valence-electron chi connectivity index (χ2n) is 4.75. The summed E-state index contributed by atoms with van der Waals surface area (Å²) < 4.78 is 15.3. The van der Waals surface area contributed by atoms with Crippen molar-refractivity contribution in [2.75, 3.05) is 7.05 Å². The first kappa shape index (κ1) is 14.0. The van der Waals surface area contributed by atoms with Crippen LogP contribution in [-0.4, -0.2) is 16.8 Å². The van der Waals surface area contributed by atoms with Gasteiger partial charge in [0.05, 0.1) is 22.6 Å². The van der Waals surface area contributed by atoms with Gasteiger partial charge in [0.15, 0.2) is 0 Å². The molecular formula is C14H17ClFN3. The van der Waals surface area contributed by atoms with E-state index in [1.807, 2.05) is 13.2 Å². The lowest BCUT2D eigenvalue weighted by atomic mass is 10.1. The number of rotatable bonds is 4. The number of nitrogens with zero attached hydrogens (tertiary/aromatic N) is 2. The summed E-state index contributed by atoms with van der Waals surface area (Å²) in [5.41, 5.74) is 2.89. The molecule has 1 N–H and O–H groups in total. The fourth-order valence-electron chi connectivity index (χ4n) is 2.16. The van der Waals surface area contributed by atoms with Crippen LogP contribution in [0.15, 0.2) is 24.4 Å². The number of aromatic nitrogens is 2. The van der Waals surface area contributed by atoms with Gasteiger partial charge < -0.3 is 5.32 Å². The molecule has 0 atom stereocenters. The molecule has 0 aliphatic heterocycles. The highest BCUT2D eigenvalue weighted by molar-refractivity contribution is 6.30. The maximum Gasteiger partial charge on any atom is 0.143 e. The van der Waals surface area contributed by atoms with Crippen molar-refractivity contribution < 1.29 is 4.39 Å². The highest BCUT2D eigenvalue weighted by atomic mass is 35.5. The molecule has 0 aliphatic carbocycles. The van der Waals surface area contributed by atoms with Gasteiger partial charge >= 0.3 is 0 Å². The predicted molar refractivity (Wildman–Crippen MR) is 75.4 cm³/mol. The minimum Gasteiger partial charge on any atom is -0.316 e. The van der Waals surface area contributed by atoms with Crippen molar-refractivity contribution in [2.45, 2.75) is 26.3 Å². The van der Waals surface area contributed by atoms with E-state index in [1.165, 1.54) is 6.07 Å². The third-order valence-electron chi connectivity index (χ3n) is 2.95. The summed E-state index contributed by atoms with van der Waals surface area (Å²) in [6.45, 7) is 4.93. The molecule has 0 bridgehead atoms. The SMILES string of the molecule is CNCc1cnn(-c2ccc(Cl)c(F)c2)c1C(C)C. The summed E-state index contributed by atoms with van der Waals surface area (Å²) in [6, 6.07) is 4.73. The standard InChI is InChI=1S/C14H17ClFN3/c1-9(2)14-10(7-17-3)8-18-19(14)11-4-5-12(15)13(16)6-11/h4-6,8-9,17H,7H2,1-3H3. The average molecular weight is 282 g/mol. The summed E-state index contributed by atoms with van der Waals surface area (Å²) in [5.74, 6) is -0.135. The quantitative estimate of drug-likeness (QED) is 0.929. The Labute approximate surface area is 117 Å². The molecule has 0 unspecified atom stereocenters. The summed E-state index contributed by atoms with van der Waals surface area (Å²) in [7, 11) is 1.89. The molecule has 19 heavy (non-hydrogen) atoms. The molecular weight excluding hydrogens is 265 g/mol. The second kappa shape index (κ2) is 5.72. The first-order chi connectivity index (χ1) is 9.04. The molecule has 0 radical (unpaired) electrons. The van der Waals surface area contributed by atoms with E-state index in [0.717, 1.165) is 17.8 Å². The fraction of sp³-hybridized carbons (Fsp3) is 0.357. The van der Waals surface area contributed by atoms with E-state index in [4.69, 9.17) is 11.6 Å². The Bertz CT molecular complexity index is 578. The molecule has 1 aromatic carbocycles. The van der Waals surface area contributed by atoms with Gasteiger partial charge in [0, 0.05) is 18.2 Å². The van der Waals surface area contributed by atoms with Crippen LogP contribution < -0.4 is 5.32 Å². The van der Waals surface area contributed by atoms with Crippen LogP contribution in [0.2, 0.25) is 5.02 Å². The van der Waals surface area contributed by atoms with E-state index in [-0.39, 0.29) is 5.02 Å². The van der Waals surface area contributed by atoms with Crippen molar-refractivity contribution in [1.82, 2.24) is 15.1 Å². The van der Waals surface area contributed by atoms with Crippen LogP contribution in [0.4, 0.5) is 4.39 Å². The highest BCUT2D eigenvalue weighted by Crippen LogP contribution is 2.25. The number of halogens is 2. The number of benzene rings is 1. The van der Waals surface area contributed by atoms with Gasteiger partial charge in [0.1, 0.15) is 5.82 Å². The van der Waals surface area contributed by atoms with E-state index in [2.05, 4.69) is 24.3 Å². The lowest BCUT2D eigenvalue weighted by molar-refractivity contribution is 0.623. The van der Waals surface area contributed by atoms with E-state index < -0.39 is 5.82 Å². The lowest BCUT2D eigenvalue weighted by Crippen LogP contribution is -2.10. The van der Waals surface area contributed by atoms with Gasteiger partial charge in [0.2, 0.25) is 0 Å². The maximum atomic E-state index is 13.6. The molecule has 0 saturated heterocycles. The molecule has 102 valence electrons. The van der Waals surface area contributed by atoms with Crippen LogP contribution in [0.1, 0.15) is 31.0 Å². The van der Waals surface area contributed by atoms with Crippen LogP contribution in [0.5, 0.6) is 0 Å².